The van der Waals surface area contributed by atoms with Crippen molar-refractivity contribution in [2.24, 2.45) is 0 Å². The average Bonchev–Trinajstić information content (AvgIpc) is 3.06. The van der Waals surface area contributed by atoms with Gasteiger partial charge in [-0.25, -0.2) is 4.79 Å². The third-order valence-corrected chi connectivity index (χ3v) is 3.74. The third kappa shape index (κ3) is 4.14. The first kappa shape index (κ1) is 19.3. The maximum Gasteiger partial charge on any atom is 0.331 e. The zero-order chi connectivity index (χ0) is 19.3. The molecule has 0 bridgehead atoms. The Morgan fingerprint density at radius 2 is 1.85 bits per heavy atom. The van der Waals surface area contributed by atoms with Gasteiger partial charge in [-0.1, -0.05) is 0 Å². The Hall–Kier alpha value is -3.03. The smallest absolute Gasteiger partial charge is 0.331 e. The van der Waals surface area contributed by atoms with Crippen molar-refractivity contribution >= 4 is 17.6 Å². The molecule has 0 fully saturated rings. The third-order valence-electron chi connectivity index (χ3n) is 3.74. The van der Waals surface area contributed by atoms with Crippen LogP contribution in [0.2, 0.25) is 0 Å². The maximum absolute atomic E-state index is 12.5. The summed E-state index contributed by atoms with van der Waals surface area (Å²) < 4.78 is 12.3. The van der Waals surface area contributed by atoms with Crippen molar-refractivity contribution in [3.8, 4) is 11.5 Å². The molecule has 0 saturated carbocycles. The number of nitrogens with one attached hydrogen (secondary N) is 1. The molecule has 2 rings (SSSR count). The normalized spacial score (nSPS) is 11.1. The molecule has 0 aliphatic carbocycles. The molecule has 140 valence electrons. The Morgan fingerprint density at radius 3 is 2.46 bits per heavy atom. The van der Waals surface area contributed by atoms with E-state index < -0.39 is 11.5 Å². The summed E-state index contributed by atoms with van der Waals surface area (Å²) in [7, 11) is 0. The van der Waals surface area contributed by atoms with Gasteiger partial charge in [0.2, 0.25) is 0 Å². The summed E-state index contributed by atoms with van der Waals surface area (Å²) in [6.45, 7) is 7.70. The van der Waals surface area contributed by atoms with Crippen molar-refractivity contribution in [3.63, 3.8) is 0 Å². The Kier molecular flexibility index (Phi) is 5.86. The minimum absolute atomic E-state index is 0.360. The second kappa shape index (κ2) is 7.90. The first-order valence-corrected chi connectivity index (χ1v) is 8.29. The average molecular weight is 361 g/mol. The summed E-state index contributed by atoms with van der Waals surface area (Å²) in [6.07, 6.45) is 2.88. The first-order valence-electron chi connectivity index (χ1n) is 8.29. The standard InChI is InChI=1S/C18H23N3O5/c1-5-25-14-8-7-12(9-15(14)26-6-2)16(22)20-13-10-19-21(11-13)18(3,4)17(23)24/h7-11H,5-6H2,1-4H3,(H,20,22)(H,23,24). The molecule has 0 unspecified atom stereocenters. The second-order valence-corrected chi connectivity index (χ2v) is 6.02. The summed E-state index contributed by atoms with van der Waals surface area (Å²) >= 11 is 0. The molecule has 0 aliphatic rings. The van der Waals surface area contributed by atoms with Crippen molar-refractivity contribution in [2.45, 2.75) is 33.2 Å². The second-order valence-electron chi connectivity index (χ2n) is 6.02. The SMILES string of the molecule is CCOc1ccc(C(=O)Nc2cnn(C(C)(C)C(=O)O)c2)cc1OCC. The van der Waals surface area contributed by atoms with Gasteiger partial charge < -0.3 is 19.9 Å². The number of benzene rings is 1. The van der Waals surface area contributed by atoms with Gasteiger partial charge in [-0.3, -0.25) is 9.48 Å². The molecule has 0 atom stereocenters. The van der Waals surface area contributed by atoms with E-state index in [0.717, 1.165) is 0 Å². The fourth-order valence-corrected chi connectivity index (χ4v) is 2.19. The molecule has 8 heteroatoms. The minimum Gasteiger partial charge on any atom is -0.490 e. The molecule has 8 nitrogen and oxygen atoms in total. The fourth-order valence-electron chi connectivity index (χ4n) is 2.19. The van der Waals surface area contributed by atoms with E-state index in [9.17, 15) is 14.7 Å². The van der Waals surface area contributed by atoms with Gasteiger partial charge in [0, 0.05) is 11.8 Å². The molecule has 0 radical (unpaired) electrons. The number of hydrogen-bond donors (Lipinski definition) is 2. The summed E-state index contributed by atoms with van der Waals surface area (Å²) in [5.41, 5.74) is -0.428. The van der Waals surface area contributed by atoms with E-state index in [4.69, 9.17) is 9.47 Å². The molecular weight excluding hydrogens is 338 g/mol. The van der Waals surface area contributed by atoms with Crippen LogP contribution in [-0.2, 0) is 10.3 Å². The molecule has 0 aliphatic heterocycles. The number of aromatic nitrogens is 2. The van der Waals surface area contributed by atoms with Gasteiger partial charge in [0.15, 0.2) is 17.0 Å². The number of anilines is 1. The van der Waals surface area contributed by atoms with E-state index in [1.807, 2.05) is 13.8 Å². The predicted molar refractivity (Wildman–Crippen MR) is 95.9 cm³/mol. The van der Waals surface area contributed by atoms with Crippen LogP contribution in [0.15, 0.2) is 30.6 Å². The summed E-state index contributed by atoms with van der Waals surface area (Å²) in [5, 5.41) is 16.0. The number of hydrogen-bond acceptors (Lipinski definition) is 5. The van der Waals surface area contributed by atoms with Gasteiger partial charge in [-0.05, 0) is 45.9 Å². The molecular formula is C18H23N3O5. The van der Waals surface area contributed by atoms with Crippen LogP contribution in [0, 0.1) is 0 Å². The van der Waals surface area contributed by atoms with Crippen LogP contribution < -0.4 is 14.8 Å². The topological polar surface area (TPSA) is 103 Å². The fraction of sp³-hybridized carbons (Fsp3) is 0.389. The Bertz CT molecular complexity index is 798. The van der Waals surface area contributed by atoms with Gasteiger partial charge in [0.05, 0.1) is 25.1 Å². The number of aliphatic carboxylic acids is 1. The van der Waals surface area contributed by atoms with Crippen molar-refractivity contribution in [1.29, 1.82) is 0 Å². The Morgan fingerprint density at radius 1 is 1.19 bits per heavy atom. The van der Waals surface area contributed by atoms with Crippen LogP contribution in [-0.4, -0.2) is 40.0 Å². The number of carbonyl (C=O) groups excluding carboxylic acids is 1. The molecule has 26 heavy (non-hydrogen) atoms. The van der Waals surface area contributed by atoms with Crippen molar-refractivity contribution in [3.05, 3.63) is 36.2 Å². The Balaban J connectivity index is 2.19. The molecule has 2 aromatic rings. The lowest BCUT2D eigenvalue weighted by atomic mass is 10.1. The Labute approximate surface area is 151 Å². The van der Waals surface area contributed by atoms with Crippen LogP contribution in [0.3, 0.4) is 0 Å². The molecule has 2 N–H and O–H groups in total. The number of rotatable bonds is 8. The lowest BCUT2D eigenvalue weighted by molar-refractivity contribution is -0.146. The van der Waals surface area contributed by atoms with Crippen LogP contribution in [0.1, 0.15) is 38.1 Å². The lowest BCUT2D eigenvalue weighted by Gasteiger charge is -2.19. The first-order chi connectivity index (χ1) is 12.3. The van der Waals surface area contributed by atoms with Gasteiger partial charge in [-0.15, -0.1) is 0 Å². The van der Waals surface area contributed by atoms with E-state index in [1.54, 1.807) is 18.2 Å². The van der Waals surface area contributed by atoms with E-state index in [2.05, 4.69) is 10.4 Å². The van der Waals surface area contributed by atoms with Gasteiger partial charge in [0.25, 0.3) is 5.91 Å². The van der Waals surface area contributed by atoms with Crippen LogP contribution in [0.4, 0.5) is 5.69 Å². The molecule has 0 saturated heterocycles. The van der Waals surface area contributed by atoms with Crippen molar-refractivity contribution in [2.75, 3.05) is 18.5 Å². The predicted octanol–water partition coefficient (Wildman–Crippen LogP) is 2.75. The quantitative estimate of drug-likeness (QED) is 0.749. The monoisotopic (exact) mass is 361 g/mol. The van der Waals surface area contributed by atoms with Gasteiger partial charge in [0.1, 0.15) is 0 Å². The van der Waals surface area contributed by atoms with Gasteiger partial charge in [-0.2, -0.15) is 5.10 Å². The highest BCUT2D eigenvalue weighted by Crippen LogP contribution is 2.29. The molecule has 1 aromatic heterocycles. The maximum atomic E-state index is 12.5. The number of nitrogens with zero attached hydrogens (tertiary/aromatic N) is 2. The zero-order valence-corrected chi connectivity index (χ0v) is 15.3. The van der Waals surface area contributed by atoms with E-state index >= 15 is 0 Å². The lowest BCUT2D eigenvalue weighted by Crippen LogP contribution is -2.35. The summed E-state index contributed by atoms with van der Waals surface area (Å²) in [6, 6.07) is 4.92. The molecule has 1 aromatic carbocycles. The summed E-state index contributed by atoms with van der Waals surface area (Å²) in [5.74, 6) is -0.320. The van der Waals surface area contributed by atoms with E-state index in [-0.39, 0.29) is 5.91 Å². The van der Waals surface area contributed by atoms with Crippen LogP contribution in [0.5, 0.6) is 11.5 Å². The van der Waals surface area contributed by atoms with E-state index in [0.29, 0.717) is 36.0 Å². The minimum atomic E-state index is -1.22. The van der Waals surface area contributed by atoms with Crippen LogP contribution >= 0.6 is 0 Å². The summed E-state index contributed by atoms with van der Waals surface area (Å²) in [4.78, 5) is 23.8. The number of carboxylic acid groups (broad SMARTS) is 1. The molecule has 0 spiro atoms. The number of amides is 1. The highest BCUT2D eigenvalue weighted by atomic mass is 16.5. The number of carbonyl (C=O) groups is 2. The molecule has 1 heterocycles. The van der Waals surface area contributed by atoms with E-state index in [1.165, 1.54) is 30.9 Å². The molecule has 1 amide bonds. The zero-order valence-electron chi connectivity index (χ0n) is 15.3. The van der Waals surface area contributed by atoms with Crippen molar-refractivity contribution in [1.82, 2.24) is 9.78 Å². The van der Waals surface area contributed by atoms with Crippen molar-refractivity contribution < 1.29 is 24.2 Å². The highest BCUT2D eigenvalue weighted by Gasteiger charge is 2.30. The highest BCUT2D eigenvalue weighted by molar-refractivity contribution is 6.04. The number of carboxylic acids is 1. The van der Waals surface area contributed by atoms with Crippen LogP contribution in [0.25, 0.3) is 0 Å². The number of ether oxygens (including phenoxy) is 2. The largest absolute Gasteiger partial charge is 0.490 e. The van der Waals surface area contributed by atoms with Gasteiger partial charge >= 0.3 is 5.97 Å².